The molecule has 0 aliphatic carbocycles. The van der Waals surface area contributed by atoms with Gasteiger partial charge >= 0.3 is 5.97 Å². The number of rotatable bonds is 10. The van der Waals surface area contributed by atoms with E-state index in [1.807, 2.05) is 0 Å². The zero-order valence-corrected chi connectivity index (χ0v) is 17.1. The molecule has 0 aliphatic heterocycles. The van der Waals surface area contributed by atoms with Crippen molar-refractivity contribution in [1.29, 1.82) is 0 Å². The summed E-state index contributed by atoms with van der Waals surface area (Å²) in [5.74, 6) is 0.748. The van der Waals surface area contributed by atoms with Crippen LogP contribution in [0.2, 0.25) is 0 Å². The lowest BCUT2D eigenvalue weighted by Gasteiger charge is -2.18. The molecule has 0 unspecified atom stereocenters. The molecular formula is C20H25NO6S. The molecule has 0 atom stereocenters. The van der Waals surface area contributed by atoms with Gasteiger partial charge in [0.05, 0.1) is 17.6 Å². The van der Waals surface area contributed by atoms with Crippen molar-refractivity contribution in [3.63, 3.8) is 0 Å². The summed E-state index contributed by atoms with van der Waals surface area (Å²) >= 11 is 0. The first-order valence-electron chi connectivity index (χ1n) is 8.96. The van der Waals surface area contributed by atoms with E-state index in [-0.39, 0.29) is 23.7 Å². The molecular weight excluding hydrogens is 382 g/mol. The fraction of sp³-hybridized carbons (Fsp3) is 0.350. The molecule has 0 heterocycles. The second-order valence-electron chi connectivity index (χ2n) is 5.78. The molecule has 7 nitrogen and oxygen atoms in total. The number of carbonyl (C=O) groups is 1. The van der Waals surface area contributed by atoms with Crippen LogP contribution in [0.5, 0.6) is 11.5 Å². The first kappa shape index (κ1) is 21.7. The standard InChI is InChI=1S/C20H25NO6S/c1-4-21(5-2)28(23,24)19-8-6-7-16(15-19)20(22)27-14-13-26-18-11-9-17(25-3)10-12-18/h6-12,15H,4-5,13-14H2,1-3H3. The van der Waals surface area contributed by atoms with Crippen molar-refractivity contribution in [2.75, 3.05) is 33.4 Å². The molecule has 0 radical (unpaired) electrons. The number of nitrogens with zero attached hydrogens (tertiary/aromatic N) is 1. The summed E-state index contributed by atoms with van der Waals surface area (Å²) in [5, 5.41) is 0. The quantitative estimate of drug-likeness (QED) is 0.445. The van der Waals surface area contributed by atoms with E-state index in [9.17, 15) is 13.2 Å². The van der Waals surface area contributed by atoms with E-state index in [4.69, 9.17) is 14.2 Å². The van der Waals surface area contributed by atoms with Crippen LogP contribution < -0.4 is 9.47 Å². The molecule has 8 heteroatoms. The van der Waals surface area contributed by atoms with Gasteiger partial charge in [-0.2, -0.15) is 4.31 Å². The Balaban J connectivity index is 1.93. The third-order valence-electron chi connectivity index (χ3n) is 4.06. The van der Waals surface area contributed by atoms with Gasteiger partial charge in [-0.3, -0.25) is 0 Å². The van der Waals surface area contributed by atoms with Crippen LogP contribution in [0.25, 0.3) is 0 Å². The largest absolute Gasteiger partial charge is 0.497 e. The molecule has 2 rings (SSSR count). The molecule has 28 heavy (non-hydrogen) atoms. The summed E-state index contributed by atoms with van der Waals surface area (Å²) in [7, 11) is -2.05. The Bertz CT molecular complexity index is 876. The van der Waals surface area contributed by atoms with Crippen LogP contribution in [-0.2, 0) is 14.8 Å². The van der Waals surface area contributed by atoms with Crippen molar-refractivity contribution in [3.8, 4) is 11.5 Å². The fourth-order valence-corrected chi connectivity index (χ4v) is 4.05. The Morgan fingerprint density at radius 3 is 2.21 bits per heavy atom. The maximum atomic E-state index is 12.6. The highest BCUT2D eigenvalue weighted by molar-refractivity contribution is 7.89. The zero-order valence-electron chi connectivity index (χ0n) is 16.3. The molecule has 0 saturated heterocycles. The lowest BCUT2D eigenvalue weighted by molar-refractivity contribution is 0.0450. The Labute approximate surface area is 165 Å². The van der Waals surface area contributed by atoms with Gasteiger partial charge in [0.1, 0.15) is 24.7 Å². The van der Waals surface area contributed by atoms with Crippen molar-refractivity contribution >= 4 is 16.0 Å². The highest BCUT2D eigenvalue weighted by Crippen LogP contribution is 2.18. The van der Waals surface area contributed by atoms with Crippen molar-refractivity contribution in [2.45, 2.75) is 18.7 Å². The van der Waals surface area contributed by atoms with Crippen molar-refractivity contribution in [1.82, 2.24) is 4.31 Å². The number of hydrogen-bond acceptors (Lipinski definition) is 6. The maximum Gasteiger partial charge on any atom is 0.338 e. The predicted octanol–water partition coefficient (Wildman–Crippen LogP) is 2.96. The predicted molar refractivity (Wildman–Crippen MR) is 105 cm³/mol. The SMILES string of the molecule is CCN(CC)S(=O)(=O)c1cccc(C(=O)OCCOc2ccc(OC)cc2)c1. The lowest BCUT2D eigenvalue weighted by atomic mass is 10.2. The fourth-order valence-electron chi connectivity index (χ4n) is 2.55. The van der Waals surface area contributed by atoms with Crippen LogP contribution in [0.3, 0.4) is 0 Å². The molecule has 0 aliphatic rings. The minimum absolute atomic E-state index is 0.0396. The third kappa shape index (κ3) is 5.46. The molecule has 0 amide bonds. The minimum atomic E-state index is -3.63. The summed E-state index contributed by atoms with van der Waals surface area (Å²) < 4.78 is 42.2. The smallest absolute Gasteiger partial charge is 0.338 e. The number of sulfonamides is 1. The highest BCUT2D eigenvalue weighted by atomic mass is 32.2. The molecule has 0 N–H and O–H groups in total. The first-order chi connectivity index (χ1) is 13.4. The first-order valence-corrected chi connectivity index (χ1v) is 10.4. The van der Waals surface area contributed by atoms with E-state index in [1.165, 1.54) is 28.6 Å². The third-order valence-corrected chi connectivity index (χ3v) is 6.10. The van der Waals surface area contributed by atoms with Crippen LogP contribution in [0.1, 0.15) is 24.2 Å². The van der Waals surface area contributed by atoms with Gasteiger partial charge in [0.25, 0.3) is 0 Å². The van der Waals surface area contributed by atoms with Crippen LogP contribution in [0.15, 0.2) is 53.4 Å². The lowest BCUT2D eigenvalue weighted by Crippen LogP contribution is -2.30. The molecule has 0 fully saturated rings. The Morgan fingerprint density at radius 1 is 0.964 bits per heavy atom. The van der Waals surface area contributed by atoms with Gasteiger partial charge in [0.15, 0.2) is 0 Å². The minimum Gasteiger partial charge on any atom is -0.497 e. The van der Waals surface area contributed by atoms with E-state index in [0.717, 1.165) is 5.75 Å². The maximum absolute atomic E-state index is 12.6. The van der Waals surface area contributed by atoms with Crippen molar-refractivity contribution in [2.24, 2.45) is 0 Å². The van der Waals surface area contributed by atoms with Crippen LogP contribution in [-0.4, -0.2) is 52.1 Å². The second kappa shape index (κ2) is 10.1. The van der Waals surface area contributed by atoms with Gasteiger partial charge in [0.2, 0.25) is 10.0 Å². The molecule has 0 saturated carbocycles. The van der Waals surface area contributed by atoms with E-state index >= 15 is 0 Å². The van der Waals surface area contributed by atoms with Crippen LogP contribution >= 0.6 is 0 Å². The molecule has 2 aromatic rings. The van der Waals surface area contributed by atoms with Crippen molar-refractivity contribution < 1.29 is 27.4 Å². The Kier molecular flexibility index (Phi) is 7.83. The van der Waals surface area contributed by atoms with Gasteiger partial charge in [-0.15, -0.1) is 0 Å². The summed E-state index contributed by atoms with van der Waals surface area (Å²) in [4.78, 5) is 12.3. The van der Waals surface area contributed by atoms with Crippen LogP contribution in [0.4, 0.5) is 0 Å². The van der Waals surface area contributed by atoms with Gasteiger partial charge in [-0.05, 0) is 42.5 Å². The Morgan fingerprint density at radius 2 is 1.61 bits per heavy atom. The number of ether oxygens (including phenoxy) is 3. The average Bonchev–Trinajstić information content (AvgIpc) is 2.72. The molecule has 0 aromatic heterocycles. The number of methoxy groups -OCH3 is 1. The number of carbonyl (C=O) groups excluding carboxylic acids is 1. The Hall–Kier alpha value is -2.58. The normalized spacial score (nSPS) is 11.3. The summed E-state index contributed by atoms with van der Waals surface area (Å²) in [5.41, 5.74) is 0.178. The molecule has 0 bridgehead atoms. The number of esters is 1. The zero-order chi connectivity index (χ0) is 20.6. The van der Waals surface area contributed by atoms with Gasteiger partial charge in [0, 0.05) is 13.1 Å². The summed E-state index contributed by atoms with van der Waals surface area (Å²) in [6.07, 6.45) is 0. The number of hydrogen-bond donors (Lipinski definition) is 0. The van der Waals surface area contributed by atoms with E-state index in [1.54, 1.807) is 45.2 Å². The van der Waals surface area contributed by atoms with Gasteiger partial charge in [-0.25, -0.2) is 13.2 Å². The summed E-state index contributed by atoms with van der Waals surface area (Å²) in [6.45, 7) is 4.46. The molecule has 2 aromatic carbocycles. The topological polar surface area (TPSA) is 82.1 Å². The van der Waals surface area contributed by atoms with E-state index in [2.05, 4.69) is 0 Å². The molecule has 0 spiro atoms. The number of benzene rings is 2. The summed E-state index contributed by atoms with van der Waals surface area (Å²) in [6, 6.07) is 12.9. The van der Waals surface area contributed by atoms with Gasteiger partial charge in [-0.1, -0.05) is 19.9 Å². The second-order valence-corrected chi connectivity index (χ2v) is 7.72. The highest BCUT2D eigenvalue weighted by Gasteiger charge is 2.22. The van der Waals surface area contributed by atoms with E-state index in [0.29, 0.717) is 18.8 Å². The van der Waals surface area contributed by atoms with E-state index < -0.39 is 16.0 Å². The monoisotopic (exact) mass is 407 g/mol. The van der Waals surface area contributed by atoms with Gasteiger partial charge < -0.3 is 14.2 Å². The van der Waals surface area contributed by atoms with Crippen LogP contribution in [0, 0.1) is 0 Å². The average molecular weight is 407 g/mol. The van der Waals surface area contributed by atoms with Crippen molar-refractivity contribution in [3.05, 3.63) is 54.1 Å². The molecule has 152 valence electrons.